The summed E-state index contributed by atoms with van der Waals surface area (Å²) >= 11 is 6.08. The first-order valence-corrected chi connectivity index (χ1v) is 10.2. The summed E-state index contributed by atoms with van der Waals surface area (Å²) in [4.78, 5) is 15.3. The summed E-state index contributed by atoms with van der Waals surface area (Å²) < 4.78 is 0. The van der Waals surface area contributed by atoms with Crippen LogP contribution in [-0.4, -0.2) is 45.2 Å². The van der Waals surface area contributed by atoms with E-state index in [1.165, 1.54) is 16.0 Å². The maximum absolute atomic E-state index is 12.3. The van der Waals surface area contributed by atoms with Gasteiger partial charge in [-0.2, -0.15) is 0 Å². The number of halogens is 1. The number of carbonyl (C=O) groups is 1. The van der Waals surface area contributed by atoms with Gasteiger partial charge in [-0.05, 0) is 23.6 Å². The fourth-order valence-electron chi connectivity index (χ4n) is 3.70. The van der Waals surface area contributed by atoms with Gasteiger partial charge >= 0.3 is 0 Å². The molecule has 3 N–H and O–H groups in total. The van der Waals surface area contributed by atoms with Crippen molar-refractivity contribution in [3.05, 3.63) is 70.7 Å². The first-order valence-electron chi connectivity index (χ1n) is 9.83. The molecule has 2 aromatic rings. The second-order valence-electron chi connectivity index (χ2n) is 7.60. The first-order chi connectivity index (χ1) is 13.1. The smallest absolute Gasteiger partial charge is 0.275 e. The average Bonchev–Trinajstić information content (AvgIpc) is 2.68. The summed E-state index contributed by atoms with van der Waals surface area (Å²) in [7, 11) is 0. The fraction of sp³-hybridized carbons (Fsp3) is 0.409. The van der Waals surface area contributed by atoms with Crippen LogP contribution < -0.4 is 15.1 Å². The summed E-state index contributed by atoms with van der Waals surface area (Å²) in [5.74, 6) is 0.496. The molecule has 1 aliphatic rings. The molecular formula is C22H30ClN3O+2. The van der Waals surface area contributed by atoms with E-state index in [2.05, 4.69) is 36.5 Å². The zero-order valence-corrected chi connectivity index (χ0v) is 16.8. The molecule has 1 amide bonds. The van der Waals surface area contributed by atoms with Crippen molar-refractivity contribution >= 4 is 17.5 Å². The van der Waals surface area contributed by atoms with Crippen LogP contribution in [0, 0.1) is 0 Å². The summed E-state index contributed by atoms with van der Waals surface area (Å²) in [5.41, 5.74) is 2.55. The van der Waals surface area contributed by atoms with Gasteiger partial charge in [0.2, 0.25) is 0 Å². The van der Waals surface area contributed by atoms with Crippen molar-refractivity contribution in [3.63, 3.8) is 0 Å². The van der Waals surface area contributed by atoms with E-state index in [0.29, 0.717) is 19.0 Å². The Kier molecular flexibility index (Phi) is 7.27. The topological polar surface area (TPSA) is 38.0 Å². The molecule has 0 radical (unpaired) electrons. The monoisotopic (exact) mass is 387 g/mol. The normalized spacial score (nSPS) is 20.8. The Hall–Kier alpha value is -1.88. The number of quaternary nitrogens is 2. The summed E-state index contributed by atoms with van der Waals surface area (Å²) in [6.07, 6.45) is 0. The Labute approximate surface area is 167 Å². The average molecular weight is 388 g/mol. The molecule has 1 aliphatic heterocycles. The summed E-state index contributed by atoms with van der Waals surface area (Å²) in [5, 5.41) is 3.91. The molecule has 0 bridgehead atoms. The highest BCUT2D eigenvalue weighted by Gasteiger charge is 2.25. The van der Waals surface area contributed by atoms with Gasteiger partial charge in [0.25, 0.3) is 5.91 Å². The molecule has 1 saturated heterocycles. The maximum Gasteiger partial charge on any atom is 0.275 e. The third-order valence-corrected chi connectivity index (χ3v) is 5.63. The van der Waals surface area contributed by atoms with Crippen LogP contribution in [0.4, 0.5) is 0 Å². The van der Waals surface area contributed by atoms with E-state index in [4.69, 9.17) is 11.6 Å². The van der Waals surface area contributed by atoms with E-state index in [9.17, 15) is 4.79 Å². The van der Waals surface area contributed by atoms with Crippen LogP contribution in [-0.2, 0) is 11.3 Å². The molecule has 5 heteroatoms. The standard InChI is InChI=1S/C22H28ClN3O/c1-18(20-7-3-2-4-8-20)15-24-22(27)17-26-12-10-25(11-13-26)16-19-6-5-9-21(23)14-19/h2-9,14,18H,10-13,15-17H2,1H3,(H,24,27)/p+2/t18-/m1/s1. The van der Waals surface area contributed by atoms with E-state index in [-0.39, 0.29) is 5.91 Å². The number of nitrogens with one attached hydrogen (secondary N) is 3. The minimum atomic E-state index is 0.158. The van der Waals surface area contributed by atoms with Gasteiger partial charge < -0.3 is 15.1 Å². The van der Waals surface area contributed by atoms with Crippen molar-refractivity contribution in [2.45, 2.75) is 19.4 Å². The van der Waals surface area contributed by atoms with Crippen LogP contribution in [0.3, 0.4) is 0 Å². The Bertz CT molecular complexity index is 729. The highest BCUT2D eigenvalue weighted by Crippen LogP contribution is 2.12. The molecule has 1 atom stereocenters. The third kappa shape index (κ3) is 6.35. The number of benzene rings is 2. The largest absolute Gasteiger partial charge is 0.351 e. The van der Waals surface area contributed by atoms with Crippen LogP contribution in [0.15, 0.2) is 54.6 Å². The van der Waals surface area contributed by atoms with E-state index in [1.54, 1.807) is 4.90 Å². The van der Waals surface area contributed by atoms with Crippen LogP contribution in [0.1, 0.15) is 24.0 Å². The van der Waals surface area contributed by atoms with Crippen LogP contribution in [0.5, 0.6) is 0 Å². The molecule has 0 aliphatic carbocycles. The Morgan fingerprint density at radius 1 is 1.04 bits per heavy atom. The Balaban J connectivity index is 1.36. The SMILES string of the molecule is C[C@H](CNC(=O)C[NH+]1CC[NH+](Cc2cccc(Cl)c2)CC1)c1ccccc1. The number of piperazine rings is 1. The van der Waals surface area contributed by atoms with Gasteiger partial charge in [0, 0.05) is 17.1 Å². The molecule has 0 spiro atoms. The molecule has 0 unspecified atom stereocenters. The second-order valence-corrected chi connectivity index (χ2v) is 8.04. The van der Waals surface area contributed by atoms with Crippen LogP contribution in [0.2, 0.25) is 5.02 Å². The Morgan fingerprint density at radius 2 is 1.74 bits per heavy atom. The fourth-order valence-corrected chi connectivity index (χ4v) is 3.92. The molecular weight excluding hydrogens is 358 g/mol. The molecule has 27 heavy (non-hydrogen) atoms. The summed E-state index contributed by atoms with van der Waals surface area (Å²) in [6.45, 7) is 8.70. The lowest BCUT2D eigenvalue weighted by Crippen LogP contribution is -3.28. The molecule has 3 rings (SSSR count). The third-order valence-electron chi connectivity index (χ3n) is 5.39. The van der Waals surface area contributed by atoms with Crippen molar-refractivity contribution in [3.8, 4) is 0 Å². The van der Waals surface area contributed by atoms with Crippen molar-refractivity contribution < 1.29 is 14.6 Å². The molecule has 2 aromatic carbocycles. The molecule has 1 fully saturated rings. The van der Waals surface area contributed by atoms with Crippen LogP contribution in [0.25, 0.3) is 0 Å². The van der Waals surface area contributed by atoms with E-state index in [0.717, 1.165) is 37.7 Å². The van der Waals surface area contributed by atoms with E-state index < -0.39 is 0 Å². The van der Waals surface area contributed by atoms with Gasteiger partial charge in [0.15, 0.2) is 6.54 Å². The first kappa shape index (κ1) is 19.9. The predicted octanol–water partition coefficient (Wildman–Crippen LogP) is 0.543. The number of rotatable bonds is 7. The van der Waals surface area contributed by atoms with Crippen molar-refractivity contribution in [1.29, 1.82) is 0 Å². The number of hydrogen-bond acceptors (Lipinski definition) is 1. The van der Waals surface area contributed by atoms with Gasteiger partial charge in [0.05, 0.1) is 0 Å². The quantitative estimate of drug-likeness (QED) is 0.637. The van der Waals surface area contributed by atoms with E-state index in [1.807, 2.05) is 30.3 Å². The highest BCUT2D eigenvalue weighted by atomic mass is 35.5. The molecule has 0 aromatic heterocycles. The molecule has 144 valence electrons. The zero-order chi connectivity index (χ0) is 19.1. The van der Waals surface area contributed by atoms with Crippen molar-refractivity contribution in [2.75, 3.05) is 39.3 Å². The highest BCUT2D eigenvalue weighted by molar-refractivity contribution is 6.30. The van der Waals surface area contributed by atoms with Crippen molar-refractivity contribution in [2.24, 2.45) is 0 Å². The van der Waals surface area contributed by atoms with Crippen LogP contribution >= 0.6 is 11.6 Å². The van der Waals surface area contributed by atoms with Gasteiger partial charge in [-0.3, -0.25) is 4.79 Å². The Morgan fingerprint density at radius 3 is 2.44 bits per heavy atom. The number of carbonyl (C=O) groups excluding carboxylic acids is 1. The molecule has 0 saturated carbocycles. The molecule has 4 nitrogen and oxygen atoms in total. The lowest BCUT2D eigenvalue weighted by Gasteiger charge is -2.29. The summed E-state index contributed by atoms with van der Waals surface area (Å²) in [6, 6.07) is 18.5. The lowest BCUT2D eigenvalue weighted by atomic mass is 10.0. The lowest BCUT2D eigenvalue weighted by molar-refractivity contribution is -1.02. The van der Waals surface area contributed by atoms with Gasteiger partial charge in [-0.15, -0.1) is 0 Å². The molecule has 1 heterocycles. The second kappa shape index (κ2) is 9.88. The number of hydrogen-bond donors (Lipinski definition) is 3. The minimum absolute atomic E-state index is 0.158. The zero-order valence-electron chi connectivity index (χ0n) is 16.0. The van der Waals surface area contributed by atoms with Crippen molar-refractivity contribution in [1.82, 2.24) is 5.32 Å². The minimum Gasteiger partial charge on any atom is -0.351 e. The predicted molar refractivity (Wildman–Crippen MR) is 109 cm³/mol. The van der Waals surface area contributed by atoms with E-state index >= 15 is 0 Å². The maximum atomic E-state index is 12.3. The van der Waals surface area contributed by atoms with Gasteiger partial charge in [-0.25, -0.2) is 0 Å². The number of amides is 1. The van der Waals surface area contributed by atoms with Gasteiger partial charge in [-0.1, -0.05) is 61.0 Å². The van der Waals surface area contributed by atoms with Gasteiger partial charge in [0.1, 0.15) is 32.7 Å².